The predicted octanol–water partition coefficient (Wildman–Crippen LogP) is 2.64. The van der Waals surface area contributed by atoms with Crippen LogP contribution in [0.4, 0.5) is 0 Å². The zero-order valence-corrected chi connectivity index (χ0v) is 29.3. The zero-order chi connectivity index (χ0) is 24.6. The fourth-order valence-electron chi connectivity index (χ4n) is 6.25. The van der Waals surface area contributed by atoms with E-state index in [0.717, 1.165) is 5.54 Å². The fourth-order valence-corrected chi connectivity index (χ4v) is 14.5. The second-order valence-corrected chi connectivity index (χ2v) is 24.1. The van der Waals surface area contributed by atoms with Gasteiger partial charge in [-0.2, -0.15) is 0 Å². The molecule has 0 spiro atoms. The van der Waals surface area contributed by atoms with Crippen LogP contribution in [0.2, 0.25) is 32.7 Å². The number of rotatable bonds is 2. The maximum Gasteiger partial charge on any atom is -1.00 e. The van der Waals surface area contributed by atoms with Crippen LogP contribution in [0, 0.1) is 6.92 Å². The molecule has 1 aromatic heterocycles. The van der Waals surface area contributed by atoms with Crippen LogP contribution in [0.5, 0.6) is 0 Å². The van der Waals surface area contributed by atoms with E-state index in [1.54, 1.807) is 45.9 Å². The molecule has 7 rings (SSSR count). The van der Waals surface area contributed by atoms with Gasteiger partial charge in [0, 0.05) is 15.3 Å². The first kappa shape index (κ1) is 30.1. The molecular formula is C30H35Cl2SSi2Zr. The molecule has 2 unspecified atom stereocenters. The summed E-state index contributed by atoms with van der Waals surface area (Å²) in [6.45, 7) is 19.1. The van der Waals surface area contributed by atoms with Gasteiger partial charge in [-0.3, -0.25) is 0 Å². The van der Waals surface area contributed by atoms with E-state index in [1.807, 2.05) is 11.3 Å². The minimum atomic E-state index is -1.21. The third-order valence-corrected chi connectivity index (χ3v) is 17.3. The molecule has 0 nitrogen and oxygen atoms in total. The van der Waals surface area contributed by atoms with Crippen LogP contribution >= 0.6 is 11.3 Å². The van der Waals surface area contributed by atoms with Crippen molar-refractivity contribution in [3.8, 4) is 11.1 Å². The van der Waals surface area contributed by atoms with Crippen molar-refractivity contribution in [1.29, 1.82) is 0 Å². The van der Waals surface area contributed by atoms with Crippen molar-refractivity contribution in [2.24, 2.45) is 0 Å². The van der Waals surface area contributed by atoms with Gasteiger partial charge in [0.25, 0.3) is 0 Å². The molecule has 2 atom stereocenters. The van der Waals surface area contributed by atoms with Gasteiger partial charge in [-0.1, -0.05) is 18.7 Å². The SMILES string of the molecule is CC1=C2c3sc(C)cc3C1[Si]2(C)C.CC1=Cc2c(-c3ccc([Si](C)(C)C)cc3)cccc2[CH]1[Zr+2].[Cl-].[Cl-]. The topological polar surface area (TPSA) is 0 Å². The third kappa shape index (κ3) is 4.85. The van der Waals surface area contributed by atoms with Gasteiger partial charge in [0.2, 0.25) is 0 Å². The summed E-state index contributed by atoms with van der Waals surface area (Å²) < 4.78 is 0.647. The van der Waals surface area contributed by atoms with Crippen molar-refractivity contribution >= 4 is 43.9 Å². The van der Waals surface area contributed by atoms with Gasteiger partial charge in [-0.05, 0) is 30.7 Å². The normalized spacial score (nSPS) is 20.2. The number of halogens is 2. The summed E-state index contributed by atoms with van der Waals surface area (Å²) in [5.41, 5.74) is 11.4. The predicted molar refractivity (Wildman–Crippen MR) is 153 cm³/mol. The minimum Gasteiger partial charge on any atom is -1.00 e. The van der Waals surface area contributed by atoms with Crippen molar-refractivity contribution in [3.05, 3.63) is 86.1 Å². The van der Waals surface area contributed by atoms with Gasteiger partial charge in [-0.25, -0.2) is 0 Å². The van der Waals surface area contributed by atoms with Crippen LogP contribution in [-0.4, -0.2) is 16.1 Å². The summed E-state index contributed by atoms with van der Waals surface area (Å²) in [4.78, 5) is 3.14. The van der Waals surface area contributed by atoms with Gasteiger partial charge >= 0.3 is 145 Å². The second-order valence-electron chi connectivity index (χ2n) is 11.8. The van der Waals surface area contributed by atoms with Gasteiger partial charge in [0.15, 0.2) is 0 Å². The van der Waals surface area contributed by atoms with Crippen molar-refractivity contribution in [2.45, 2.75) is 62.7 Å². The molecule has 0 saturated heterocycles. The smallest absolute Gasteiger partial charge is 1.00 e. The van der Waals surface area contributed by atoms with Crippen LogP contribution in [0.3, 0.4) is 0 Å². The van der Waals surface area contributed by atoms with Crippen molar-refractivity contribution < 1.29 is 49.5 Å². The Balaban J connectivity index is 0.000000208. The molecule has 0 saturated carbocycles. The number of benzene rings is 2. The third-order valence-electron chi connectivity index (χ3n) is 7.96. The summed E-state index contributed by atoms with van der Waals surface area (Å²) in [5.74, 6) is 0. The van der Waals surface area contributed by atoms with E-state index >= 15 is 0 Å². The quantitative estimate of drug-likeness (QED) is 0.377. The molecule has 36 heavy (non-hydrogen) atoms. The molecule has 2 aliphatic carbocycles. The number of fused-ring (bicyclic) bond motifs is 1. The van der Waals surface area contributed by atoms with E-state index in [-0.39, 0.29) is 24.8 Å². The monoisotopic (exact) mass is 643 g/mol. The van der Waals surface area contributed by atoms with E-state index in [4.69, 9.17) is 0 Å². The zero-order valence-electron chi connectivity index (χ0n) is 22.5. The Morgan fingerprint density at radius 2 is 1.53 bits per heavy atom. The Morgan fingerprint density at radius 1 is 0.889 bits per heavy atom. The Morgan fingerprint density at radius 3 is 2.08 bits per heavy atom. The van der Waals surface area contributed by atoms with Crippen LogP contribution in [0.15, 0.2) is 59.7 Å². The van der Waals surface area contributed by atoms with E-state index in [1.165, 1.54) is 37.9 Å². The average molecular weight is 646 g/mol. The van der Waals surface area contributed by atoms with Gasteiger partial charge < -0.3 is 24.8 Å². The second kappa shape index (κ2) is 10.6. The van der Waals surface area contributed by atoms with E-state index < -0.39 is 16.1 Å². The average Bonchev–Trinajstić information content (AvgIpc) is 3.41. The van der Waals surface area contributed by atoms with Gasteiger partial charge in [-0.15, -0.1) is 11.3 Å². The number of thiophene rings is 1. The minimum absolute atomic E-state index is 0. The molecule has 3 heterocycles. The first-order chi connectivity index (χ1) is 15.9. The molecule has 2 aromatic carbocycles. The molecular weight excluding hydrogens is 611 g/mol. The summed E-state index contributed by atoms with van der Waals surface area (Å²) in [6.07, 6.45) is 2.39. The Kier molecular flexibility index (Phi) is 8.84. The summed E-state index contributed by atoms with van der Waals surface area (Å²) in [6, 6.07) is 18.5. The maximum absolute atomic E-state index is 2.52. The van der Waals surface area contributed by atoms with E-state index in [2.05, 4.69) is 108 Å². The van der Waals surface area contributed by atoms with Crippen LogP contribution in [0.25, 0.3) is 22.4 Å². The number of aryl methyl sites for hydroxylation is 1. The van der Waals surface area contributed by atoms with Crippen molar-refractivity contribution in [2.75, 3.05) is 0 Å². The summed E-state index contributed by atoms with van der Waals surface area (Å²) >= 11 is 3.60. The Hall–Kier alpha value is -0.483. The maximum atomic E-state index is 2.52. The molecule has 0 fully saturated rings. The molecule has 2 bridgehead atoms. The number of hydrogen-bond donors (Lipinski definition) is 0. The molecule has 0 N–H and O–H groups in total. The van der Waals surface area contributed by atoms with Crippen LogP contribution < -0.4 is 30.0 Å². The van der Waals surface area contributed by atoms with Gasteiger partial charge in [0.1, 0.15) is 0 Å². The Bertz CT molecular complexity index is 1360. The van der Waals surface area contributed by atoms with Gasteiger partial charge in [0.05, 0.1) is 8.07 Å². The molecule has 0 amide bonds. The molecule has 2 aliphatic heterocycles. The van der Waals surface area contributed by atoms with Crippen molar-refractivity contribution in [1.82, 2.24) is 0 Å². The Labute approximate surface area is 251 Å². The van der Waals surface area contributed by atoms with Crippen LogP contribution in [-0.2, 0) is 24.7 Å². The number of allylic oxidation sites excluding steroid dienone is 2. The molecule has 3 aromatic rings. The standard InChI is InChI=1S/C19H21Si.C11H14SSi.2ClH.Zr/c1-14-12-16-6-5-7-18(19(16)13-14)15-8-10-17(11-9-15)20(2,3)4;1-6-5-8-9(12-6)11-7(2)10(8)13(11,3)4;;;/h5-13H,1-4H3;5,10H,1-4H3;2*1H;/q;;;;+2/p-2. The largest absolute Gasteiger partial charge is 1.00 e. The van der Waals surface area contributed by atoms with E-state index in [9.17, 15) is 0 Å². The van der Waals surface area contributed by atoms with Crippen molar-refractivity contribution in [3.63, 3.8) is 0 Å². The first-order valence-electron chi connectivity index (χ1n) is 12.4. The first-order valence-corrected chi connectivity index (χ1v) is 21.2. The number of hydrogen-bond acceptors (Lipinski definition) is 1. The molecule has 6 heteroatoms. The summed E-state index contributed by atoms with van der Waals surface area (Å²) in [5, 5.41) is 3.31. The van der Waals surface area contributed by atoms with Crippen LogP contribution in [0.1, 0.15) is 49.5 Å². The molecule has 0 radical (unpaired) electrons. The molecule has 4 aliphatic rings. The molecule has 187 valence electrons. The summed E-state index contributed by atoms with van der Waals surface area (Å²) in [7, 11) is -2.20. The fraction of sp³-hybridized carbons (Fsp3) is 0.333. The van der Waals surface area contributed by atoms with E-state index in [0.29, 0.717) is 3.63 Å².